The van der Waals surface area contributed by atoms with E-state index in [0.29, 0.717) is 5.56 Å². The molecule has 1 fully saturated rings. The predicted molar refractivity (Wildman–Crippen MR) is 168 cm³/mol. The van der Waals surface area contributed by atoms with Gasteiger partial charge < -0.3 is 24.7 Å². The first-order chi connectivity index (χ1) is 22.9. The van der Waals surface area contributed by atoms with Crippen molar-refractivity contribution in [2.75, 3.05) is 12.3 Å². The normalized spacial score (nSPS) is 18.6. The van der Waals surface area contributed by atoms with Gasteiger partial charge in [0.2, 0.25) is 5.95 Å². The van der Waals surface area contributed by atoms with Gasteiger partial charge in [0.15, 0.2) is 18.4 Å². The topological polar surface area (TPSA) is 162 Å². The SMILES string of the molecule is Nc1nc(-c2ccccc2)n(C2OC(COC(=O)c3ccccc3)C(OC(=O)c3ccccc3)C2OC(=O)c2ccccc2)c(=O)n1. The Morgan fingerprint density at radius 2 is 1.13 bits per heavy atom. The van der Waals surface area contributed by atoms with Crippen LogP contribution in [-0.4, -0.2) is 57.4 Å². The van der Waals surface area contributed by atoms with Crippen LogP contribution in [0.2, 0.25) is 0 Å². The summed E-state index contributed by atoms with van der Waals surface area (Å²) in [5, 5.41) is 0. The van der Waals surface area contributed by atoms with Crippen LogP contribution in [0.15, 0.2) is 126 Å². The van der Waals surface area contributed by atoms with Gasteiger partial charge in [0, 0.05) is 5.56 Å². The van der Waals surface area contributed by atoms with Crippen LogP contribution in [0.5, 0.6) is 0 Å². The van der Waals surface area contributed by atoms with Crippen molar-refractivity contribution in [3.8, 4) is 11.4 Å². The zero-order valence-electron chi connectivity index (χ0n) is 24.7. The fourth-order valence-electron chi connectivity index (χ4n) is 5.12. The molecule has 4 aromatic carbocycles. The lowest BCUT2D eigenvalue weighted by Gasteiger charge is -2.26. The van der Waals surface area contributed by atoms with Crippen molar-refractivity contribution in [3.05, 3.63) is 149 Å². The fraction of sp³-hybridized carbons (Fsp3) is 0.143. The number of rotatable bonds is 9. The number of carbonyl (C=O) groups excluding carboxylic acids is 3. The lowest BCUT2D eigenvalue weighted by Crippen LogP contribution is -2.43. The zero-order chi connectivity index (χ0) is 32.8. The van der Waals surface area contributed by atoms with Crippen LogP contribution < -0.4 is 11.4 Å². The third-order valence-electron chi connectivity index (χ3n) is 7.33. The summed E-state index contributed by atoms with van der Waals surface area (Å²) in [4.78, 5) is 61.5. The average Bonchev–Trinajstić information content (AvgIpc) is 3.43. The number of nitrogens with two attached hydrogens (primary N) is 1. The van der Waals surface area contributed by atoms with E-state index in [0.717, 1.165) is 4.57 Å². The first-order valence-electron chi connectivity index (χ1n) is 14.6. The molecule has 2 heterocycles. The van der Waals surface area contributed by atoms with E-state index in [4.69, 9.17) is 24.7 Å². The highest BCUT2D eigenvalue weighted by Crippen LogP contribution is 2.36. The van der Waals surface area contributed by atoms with E-state index >= 15 is 0 Å². The molecule has 4 unspecified atom stereocenters. The third kappa shape index (κ3) is 6.92. The summed E-state index contributed by atoms with van der Waals surface area (Å²) in [7, 11) is 0. The van der Waals surface area contributed by atoms with Crippen molar-refractivity contribution in [2.24, 2.45) is 0 Å². The molecule has 6 rings (SSSR count). The number of carbonyl (C=O) groups is 3. The van der Waals surface area contributed by atoms with Gasteiger partial charge in [0.1, 0.15) is 18.5 Å². The maximum Gasteiger partial charge on any atom is 0.354 e. The van der Waals surface area contributed by atoms with E-state index in [2.05, 4.69) is 9.97 Å². The van der Waals surface area contributed by atoms with Gasteiger partial charge in [-0.3, -0.25) is 0 Å². The number of anilines is 1. The Labute approximate surface area is 268 Å². The second-order valence-electron chi connectivity index (χ2n) is 10.4. The molecule has 5 aromatic rings. The Bertz CT molecular complexity index is 1920. The molecule has 1 aliphatic heterocycles. The number of hydrogen-bond donors (Lipinski definition) is 1. The molecule has 1 saturated heterocycles. The molecule has 4 atom stereocenters. The van der Waals surface area contributed by atoms with Gasteiger partial charge in [0.25, 0.3) is 0 Å². The second kappa shape index (κ2) is 13.9. The molecule has 0 aliphatic carbocycles. The van der Waals surface area contributed by atoms with Crippen LogP contribution in [0.1, 0.15) is 37.3 Å². The minimum Gasteiger partial charge on any atom is -0.459 e. The first-order valence-corrected chi connectivity index (χ1v) is 14.6. The summed E-state index contributed by atoms with van der Waals surface area (Å²) in [6.07, 6.45) is -5.46. The summed E-state index contributed by atoms with van der Waals surface area (Å²) in [5.74, 6) is -2.44. The smallest absolute Gasteiger partial charge is 0.354 e. The van der Waals surface area contributed by atoms with E-state index in [1.165, 1.54) is 0 Å². The van der Waals surface area contributed by atoms with Gasteiger partial charge in [-0.1, -0.05) is 84.9 Å². The molecule has 2 N–H and O–H groups in total. The minimum atomic E-state index is -1.44. The molecule has 0 bridgehead atoms. The van der Waals surface area contributed by atoms with Crippen LogP contribution >= 0.6 is 0 Å². The monoisotopic (exact) mass is 632 g/mol. The fourth-order valence-corrected chi connectivity index (χ4v) is 5.12. The number of benzene rings is 4. The lowest BCUT2D eigenvalue weighted by molar-refractivity contribution is -0.0635. The van der Waals surface area contributed by atoms with Crippen molar-refractivity contribution in [1.29, 1.82) is 0 Å². The van der Waals surface area contributed by atoms with Crippen molar-refractivity contribution >= 4 is 23.9 Å². The van der Waals surface area contributed by atoms with Gasteiger partial charge >= 0.3 is 23.6 Å². The van der Waals surface area contributed by atoms with Gasteiger partial charge in [-0.2, -0.15) is 9.97 Å². The van der Waals surface area contributed by atoms with E-state index < -0.39 is 54.7 Å². The van der Waals surface area contributed by atoms with E-state index in [1.54, 1.807) is 121 Å². The van der Waals surface area contributed by atoms with Crippen molar-refractivity contribution in [3.63, 3.8) is 0 Å². The number of nitrogens with zero attached hydrogens (tertiary/aromatic N) is 3. The van der Waals surface area contributed by atoms with Crippen molar-refractivity contribution < 1.29 is 33.3 Å². The predicted octanol–water partition coefficient (Wildman–Crippen LogP) is 4.09. The standard InChI is InChI=1S/C35H28N4O8/c36-34-37-29(22-13-5-1-6-14-22)39(35(43)38-34)30-28(47-33(42)25-19-11-4-12-20-25)27(46-32(41)24-17-9-3-10-18-24)26(45-30)21-44-31(40)23-15-7-2-8-16-23/h1-20,26-28,30H,21H2,(H2,36,38,43). The van der Waals surface area contributed by atoms with Crippen LogP contribution in [0.4, 0.5) is 5.95 Å². The van der Waals surface area contributed by atoms with Gasteiger partial charge in [-0.25, -0.2) is 23.7 Å². The number of aromatic nitrogens is 3. The molecule has 47 heavy (non-hydrogen) atoms. The van der Waals surface area contributed by atoms with E-state index in [1.807, 2.05) is 0 Å². The number of nitrogen functional groups attached to an aromatic ring is 1. The van der Waals surface area contributed by atoms with Crippen LogP contribution in [0.3, 0.4) is 0 Å². The van der Waals surface area contributed by atoms with Gasteiger partial charge in [-0.05, 0) is 36.4 Å². The molecule has 12 heteroatoms. The summed E-state index contributed by atoms with van der Waals surface area (Å²) >= 11 is 0. The molecular weight excluding hydrogens is 604 g/mol. The number of ether oxygens (including phenoxy) is 4. The highest BCUT2D eigenvalue weighted by atomic mass is 16.7. The van der Waals surface area contributed by atoms with Gasteiger partial charge in [-0.15, -0.1) is 0 Å². The van der Waals surface area contributed by atoms with Crippen molar-refractivity contribution in [1.82, 2.24) is 14.5 Å². The molecule has 236 valence electrons. The minimum absolute atomic E-state index is 0.0592. The number of esters is 3. The first kappa shape index (κ1) is 30.9. The highest BCUT2D eigenvalue weighted by molar-refractivity contribution is 5.91. The maximum atomic E-state index is 13.5. The quantitative estimate of drug-likeness (QED) is 0.184. The Morgan fingerprint density at radius 3 is 1.66 bits per heavy atom. The Balaban J connectivity index is 1.43. The summed E-state index contributed by atoms with van der Waals surface area (Å²) in [6.45, 7) is -0.429. The van der Waals surface area contributed by atoms with E-state index in [-0.39, 0.29) is 28.5 Å². The van der Waals surface area contributed by atoms with Crippen LogP contribution in [0.25, 0.3) is 11.4 Å². The van der Waals surface area contributed by atoms with Crippen LogP contribution in [-0.2, 0) is 18.9 Å². The maximum absolute atomic E-state index is 13.5. The Hall–Kier alpha value is -6.14. The summed E-state index contributed by atoms with van der Waals surface area (Å²) in [5.41, 5.74) is 6.19. The Kier molecular flexibility index (Phi) is 9.11. The largest absolute Gasteiger partial charge is 0.459 e. The molecule has 1 aromatic heterocycles. The average molecular weight is 633 g/mol. The Morgan fingerprint density at radius 1 is 0.660 bits per heavy atom. The summed E-state index contributed by atoms with van der Waals surface area (Å²) < 4.78 is 24.9. The molecule has 1 aliphatic rings. The molecule has 0 amide bonds. The van der Waals surface area contributed by atoms with Crippen LogP contribution in [0, 0.1) is 0 Å². The van der Waals surface area contributed by atoms with Gasteiger partial charge in [0.05, 0.1) is 16.7 Å². The zero-order valence-corrected chi connectivity index (χ0v) is 24.7. The molecule has 0 spiro atoms. The summed E-state index contributed by atoms with van der Waals surface area (Å²) in [6, 6.07) is 33.2. The van der Waals surface area contributed by atoms with Crippen molar-refractivity contribution in [2.45, 2.75) is 24.5 Å². The van der Waals surface area contributed by atoms with E-state index in [9.17, 15) is 19.2 Å². The molecule has 12 nitrogen and oxygen atoms in total. The molecule has 0 saturated carbocycles. The number of hydrogen-bond acceptors (Lipinski definition) is 11. The lowest BCUT2D eigenvalue weighted by atomic mass is 10.1. The second-order valence-corrected chi connectivity index (χ2v) is 10.4. The third-order valence-corrected chi connectivity index (χ3v) is 7.33. The molecule has 0 radical (unpaired) electrons. The highest BCUT2D eigenvalue weighted by Gasteiger charge is 2.52. The molecular formula is C35H28N4O8.